The van der Waals surface area contributed by atoms with Crippen LogP contribution in [-0.4, -0.2) is 29.5 Å². The van der Waals surface area contributed by atoms with Crippen LogP contribution in [0, 0.1) is 11.3 Å². The van der Waals surface area contributed by atoms with Crippen LogP contribution in [0.3, 0.4) is 0 Å². The SMILES string of the molecule is N#Cc1cnn(-c2nn3c(c2Cl)CCCC3)c1/C=C/c1ncccn1. The molecule has 0 fully saturated rings. The number of nitrogens with zero attached hydrogens (tertiary/aromatic N) is 7. The van der Waals surface area contributed by atoms with Crippen molar-refractivity contribution in [2.24, 2.45) is 0 Å². The quantitative estimate of drug-likeness (QED) is 0.724. The summed E-state index contributed by atoms with van der Waals surface area (Å²) in [6, 6.07) is 3.90. The Balaban J connectivity index is 1.79. The summed E-state index contributed by atoms with van der Waals surface area (Å²) in [5.41, 5.74) is 2.07. The number of hydrogen-bond acceptors (Lipinski definition) is 5. The molecule has 0 aliphatic carbocycles. The maximum absolute atomic E-state index is 9.38. The van der Waals surface area contributed by atoms with Crippen molar-refractivity contribution in [2.45, 2.75) is 25.8 Å². The van der Waals surface area contributed by atoms with Crippen molar-refractivity contribution in [3.8, 4) is 11.9 Å². The second-order valence-electron chi connectivity index (χ2n) is 5.67. The molecular formula is C17H14ClN7. The van der Waals surface area contributed by atoms with Gasteiger partial charge in [-0.1, -0.05) is 11.6 Å². The van der Waals surface area contributed by atoms with Crippen LogP contribution in [0.1, 0.15) is 35.6 Å². The smallest absolute Gasteiger partial charge is 0.194 e. The Hall–Kier alpha value is -2.98. The average molecular weight is 352 g/mol. The summed E-state index contributed by atoms with van der Waals surface area (Å²) < 4.78 is 3.54. The molecule has 0 amide bonds. The van der Waals surface area contributed by atoms with Gasteiger partial charge in [-0.25, -0.2) is 14.6 Å². The number of hydrogen-bond donors (Lipinski definition) is 0. The molecule has 0 bridgehead atoms. The maximum Gasteiger partial charge on any atom is 0.194 e. The van der Waals surface area contributed by atoms with Crippen molar-refractivity contribution < 1.29 is 0 Å². The van der Waals surface area contributed by atoms with Crippen molar-refractivity contribution in [2.75, 3.05) is 0 Å². The molecule has 0 aromatic carbocycles. The zero-order valence-electron chi connectivity index (χ0n) is 13.3. The summed E-state index contributed by atoms with van der Waals surface area (Å²) in [5.74, 6) is 1.10. The van der Waals surface area contributed by atoms with E-state index in [4.69, 9.17) is 11.6 Å². The molecule has 3 aromatic rings. The Morgan fingerprint density at radius 1 is 1.20 bits per heavy atom. The molecule has 0 atom stereocenters. The molecule has 0 radical (unpaired) electrons. The van der Waals surface area contributed by atoms with E-state index in [-0.39, 0.29) is 0 Å². The minimum atomic E-state index is 0.439. The van der Waals surface area contributed by atoms with E-state index in [1.165, 1.54) is 6.20 Å². The van der Waals surface area contributed by atoms with Gasteiger partial charge in [-0.3, -0.25) is 4.68 Å². The van der Waals surface area contributed by atoms with Crippen LogP contribution < -0.4 is 0 Å². The van der Waals surface area contributed by atoms with E-state index in [2.05, 4.69) is 26.2 Å². The summed E-state index contributed by atoms with van der Waals surface area (Å²) >= 11 is 6.54. The Kier molecular flexibility index (Phi) is 4.04. The van der Waals surface area contributed by atoms with Crippen molar-refractivity contribution >= 4 is 23.8 Å². The number of aryl methyl sites for hydroxylation is 1. The lowest BCUT2D eigenvalue weighted by Gasteiger charge is -2.12. The average Bonchev–Trinajstić information content (AvgIpc) is 3.21. The van der Waals surface area contributed by atoms with Gasteiger partial charge in [0.1, 0.15) is 11.1 Å². The number of fused-ring (bicyclic) bond motifs is 1. The number of nitriles is 1. The lowest BCUT2D eigenvalue weighted by molar-refractivity contribution is 0.484. The summed E-state index contributed by atoms with van der Waals surface area (Å²) in [6.07, 6.45) is 11.4. The second kappa shape index (κ2) is 6.49. The molecule has 0 spiro atoms. The highest BCUT2D eigenvalue weighted by atomic mass is 35.5. The van der Waals surface area contributed by atoms with Gasteiger partial charge < -0.3 is 0 Å². The highest BCUT2D eigenvalue weighted by Gasteiger charge is 2.22. The minimum absolute atomic E-state index is 0.439. The highest BCUT2D eigenvalue weighted by Crippen LogP contribution is 2.30. The van der Waals surface area contributed by atoms with Crippen molar-refractivity contribution in [3.63, 3.8) is 0 Å². The Labute approximate surface area is 149 Å². The first-order valence-electron chi connectivity index (χ1n) is 7.96. The monoisotopic (exact) mass is 351 g/mol. The molecule has 4 rings (SSSR count). The zero-order valence-corrected chi connectivity index (χ0v) is 14.1. The van der Waals surface area contributed by atoms with E-state index in [0.717, 1.165) is 31.5 Å². The Morgan fingerprint density at radius 3 is 2.80 bits per heavy atom. The lowest BCUT2D eigenvalue weighted by atomic mass is 10.1. The normalized spacial score (nSPS) is 13.8. The fraction of sp³-hybridized carbons (Fsp3) is 0.235. The first kappa shape index (κ1) is 15.5. The van der Waals surface area contributed by atoms with Crippen LogP contribution in [0.25, 0.3) is 18.0 Å². The topological polar surface area (TPSA) is 85.2 Å². The summed E-state index contributed by atoms with van der Waals surface area (Å²) in [4.78, 5) is 8.30. The molecular weight excluding hydrogens is 338 g/mol. The van der Waals surface area contributed by atoms with E-state index >= 15 is 0 Å². The third-order valence-corrected chi connectivity index (χ3v) is 4.50. The van der Waals surface area contributed by atoms with Gasteiger partial charge in [0.2, 0.25) is 0 Å². The van der Waals surface area contributed by atoms with Crippen LogP contribution in [0.4, 0.5) is 0 Å². The van der Waals surface area contributed by atoms with Crippen LogP contribution in [0.15, 0.2) is 24.7 Å². The predicted octanol–water partition coefficient (Wildman–Crippen LogP) is 2.89. The summed E-state index contributed by atoms with van der Waals surface area (Å²) in [6.45, 7) is 0.852. The van der Waals surface area contributed by atoms with Gasteiger partial charge in [0.05, 0.1) is 23.1 Å². The Morgan fingerprint density at radius 2 is 2.04 bits per heavy atom. The number of aromatic nitrogens is 6. The molecule has 7 nitrogen and oxygen atoms in total. The van der Waals surface area contributed by atoms with Crippen LogP contribution in [0.2, 0.25) is 5.02 Å². The number of halogens is 1. The van der Waals surface area contributed by atoms with Gasteiger partial charge in [0.25, 0.3) is 0 Å². The first-order valence-corrected chi connectivity index (χ1v) is 8.34. The molecule has 0 saturated carbocycles. The molecule has 124 valence electrons. The molecule has 25 heavy (non-hydrogen) atoms. The predicted molar refractivity (Wildman–Crippen MR) is 93.0 cm³/mol. The third-order valence-electron chi connectivity index (χ3n) is 4.11. The van der Waals surface area contributed by atoms with E-state index in [1.54, 1.807) is 35.3 Å². The van der Waals surface area contributed by atoms with Gasteiger partial charge in [0, 0.05) is 18.9 Å². The van der Waals surface area contributed by atoms with E-state index in [1.807, 2.05) is 4.68 Å². The minimum Gasteiger partial charge on any atom is -0.266 e. The fourth-order valence-electron chi connectivity index (χ4n) is 2.90. The maximum atomic E-state index is 9.38. The molecule has 1 aliphatic rings. The molecule has 8 heteroatoms. The third kappa shape index (κ3) is 2.81. The molecule has 1 aliphatic heterocycles. The van der Waals surface area contributed by atoms with E-state index in [9.17, 15) is 5.26 Å². The summed E-state index contributed by atoms with van der Waals surface area (Å²) in [7, 11) is 0. The van der Waals surface area contributed by atoms with E-state index < -0.39 is 0 Å². The summed E-state index contributed by atoms with van der Waals surface area (Å²) in [5, 5.41) is 18.9. The largest absolute Gasteiger partial charge is 0.266 e. The molecule has 3 aromatic heterocycles. The highest BCUT2D eigenvalue weighted by molar-refractivity contribution is 6.32. The van der Waals surface area contributed by atoms with Crippen LogP contribution in [-0.2, 0) is 13.0 Å². The van der Waals surface area contributed by atoms with Gasteiger partial charge in [-0.15, -0.1) is 0 Å². The zero-order chi connectivity index (χ0) is 17.2. The second-order valence-corrected chi connectivity index (χ2v) is 6.05. The van der Waals surface area contributed by atoms with Crippen LogP contribution >= 0.6 is 11.6 Å². The fourth-order valence-corrected chi connectivity index (χ4v) is 3.21. The van der Waals surface area contributed by atoms with Crippen molar-refractivity contribution in [1.82, 2.24) is 29.5 Å². The van der Waals surface area contributed by atoms with Crippen LogP contribution in [0.5, 0.6) is 0 Å². The first-order chi connectivity index (χ1) is 12.3. The van der Waals surface area contributed by atoms with Crippen molar-refractivity contribution in [1.29, 1.82) is 5.26 Å². The molecule has 0 N–H and O–H groups in total. The molecule has 0 unspecified atom stereocenters. The van der Waals surface area contributed by atoms with Gasteiger partial charge in [0.15, 0.2) is 11.6 Å². The lowest BCUT2D eigenvalue weighted by Crippen LogP contribution is -2.11. The van der Waals surface area contributed by atoms with E-state index in [0.29, 0.717) is 27.9 Å². The van der Waals surface area contributed by atoms with Gasteiger partial charge in [-0.05, 0) is 37.5 Å². The molecule has 0 saturated heterocycles. The Bertz CT molecular complexity index is 979. The molecule has 4 heterocycles. The number of rotatable bonds is 3. The van der Waals surface area contributed by atoms with Gasteiger partial charge in [-0.2, -0.15) is 15.5 Å². The van der Waals surface area contributed by atoms with Crippen molar-refractivity contribution in [3.05, 3.63) is 52.5 Å². The standard InChI is InChI=1S/C17H14ClN7/c18-16-14-4-1-2-9-24(14)23-17(16)25-13(12(10-19)11-22-25)5-6-15-20-7-3-8-21-15/h3,5-8,11H,1-2,4,9H2/b6-5+. The van der Waals surface area contributed by atoms with Gasteiger partial charge >= 0.3 is 0 Å².